The zero-order valence-corrected chi connectivity index (χ0v) is 20.0. The van der Waals surface area contributed by atoms with Gasteiger partial charge in [-0.25, -0.2) is 4.79 Å². The number of ether oxygens (including phenoxy) is 1. The molecule has 0 aromatic heterocycles. The molecule has 188 valence electrons. The van der Waals surface area contributed by atoms with Crippen molar-refractivity contribution >= 4 is 35.5 Å². The number of thioether (sulfide) groups is 1. The van der Waals surface area contributed by atoms with Gasteiger partial charge in [0, 0.05) is 17.5 Å². The van der Waals surface area contributed by atoms with Gasteiger partial charge in [-0.15, -0.1) is 11.8 Å². The van der Waals surface area contributed by atoms with Crippen LogP contribution in [0, 0.1) is 11.8 Å². The number of hydrogen-bond donors (Lipinski definition) is 2. The summed E-state index contributed by atoms with van der Waals surface area (Å²) < 4.78 is 36.7. The zero-order chi connectivity index (χ0) is 25.8. The highest BCUT2D eigenvalue weighted by Gasteiger charge is 2.66. The first-order valence-electron chi connectivity index (χ1n) is 10.6. The average molecular weight is 505 g/mol. The summed E-state index contributed by atoms with van der Waals surface area (Å²) in [6.45, 7) is 5.88. The van der Waals surface area contributed by atoms with Crippen LogP contribution in [0.5, 0.6) is 0 Å². The minimum absolute atomic E-state index is 0.220. The lowest BCUT2D eigenvalue weighted by Crippen LogP contribution is -2.53. The van der Waals surface area contributed by atoms with Crippen LogP contribution in [0.1, 0.15) is 38.8 Å². The van der Waals surface area contributed by atoms with E-state index in [1.165, 1.54) is 12.0 Å². The first-order chi connectivity index (χ1) is 15.8. The Bertz CT molecular complexity index is 940. The highest BCUT2D eigenvalue weighted by molar-refractivity contribution is 7.99. The number of halogens is 3. The van der Waals surface area contributed by atoms with Crippen LogP contribution >= 0.6 is 11.8 Å². The number of nitrogens with one attached hydrogen (secondary N) is 1. The standard InChI is InChI=1S/C20H26N2O4S.C2HF3O2/c1-5-11-27-13-9-7-12(8-10-13)16-14-15(18(24)22(6-2)17(14)23)20(3,21-16)19(25)26-4;3-2(4,5)1(6)7/h7-10,14-16,21H,5-6,11H2,1-4H3;(H,6,7)/t14-,15-,16-,20-;/m1./s1. The molecule has 0 saturated carbocycles. The number of likely N-dealkylation sites (tertiary alicyclic amines) is 1. The first kappa shape index (κ1) is 27.6. The van der Waals surface area contributed by atoms with Crippen LogP contribution in [-0.4, -0.2) is 64.9 Å². The smallest absolute Gasteiger partial charge is 0.475 e. The molecule has 2 aliphatic heterocycles. The van der Waals surface area contributed by atoms with Gasteiger partial charge in [0.05, 0.1) is 18.9 Å². The predicted octanol–water partition coefficient (Wildman–Crippen LogP) is 3.02. The molecule has 2 N–H and O–H groups in total. The van der Waals surface area contributed by atoms with E-state index in [0.29, 0.717) is 6.54 Å². The van der Waals surface area contributed by atoms with Gasteiger partial charge in [-0.2, -0.15) is 13.2 Å². The van der Waals surface area contributed by atoms with Crippen LogP contribution in [0.3, 0.4) is 0 Å². The van der Waals surface area contributed by atoms with Crippen molar-refractivity contribution in [2.75, 3.05) is 19.4 Å². The molecule has 8 nitrogen and oxygen atoms in total. The summed E-state index contributed by atoms with van der Waals surface area (Å²) in [7, 11) is 1.30. The predicted molar refractivity (Wildman–Crippen MR) is 117 cm³/mol. The number of esters is 1. The van der Waals surface area contributed by atoms with E-state index in [9.17, 15) is 27.6 Å². The molecule has 12 heteroatoms. The normalized spacial score (nSPS) is 26.1. The number of carboxylic acid groups (broad SMARTS) is 1. The van der Waals surface area contributed by atoms with Gasteiger partial charge in [-0.05, 0) is 43.7 Å². The molecule has 0 radical (unpaired) electrons. The summed E-state index contributed by atoms with van der Waals surface area (Å²) in [5.74, 6) is -4.11. The van der Waals surface area contributed by atoms with Crippen LogP contribution in [0.25, 0.3) is 0 Å². The maximum Gasteiger partial charge on any atom is 0.490 e. The Morgan fingerprint density at radius 1 is 1.18 bits per heavy atom. The van der Waals surface area contributed by atoms with Crippen molar-refractivity contribution in [2.24, 2.45) is 11.8 Å². The summed E-state index contributed by atoms with van der Waals surface area (Å²) in [4.78, 5) is 49.6. The average Bonchev–Trinajstić information content (AvgIpc) is 3.24. The SMILES string of the molecule is CCCSc1ccc([C@H]2N[C@@](C)(C(=O)OC)[C@H]3C(=O)N(CC)C(=O)[C@@H]23)cc1.O=C(O)C(F)(F)F. The third kappa shape index (κ3) is 5.38. The second-order valence-electron chi connectivity index (χ2n) is 7.96. The molecule has 3 rings (SSSR count). The molecule has 2 heterocycles. The molecule has 1 aromatic rings. The number of alkyl halides is 3. The Morgan fingerprint density at radius 2 is 1.74 bits per heavy atom. The Morgan fingerprint density at radius 3 is 2.18 bits per heavy atom. The molecule has 0 unspecified atom stereocenters. The number of fused-ring (bicyclic) bond motifs is 1. The van der Waals surface area contributed by atoms with Crippen LogP contribution in [0.4, 0.5) is 13.2 Å². The lowest BCUT2D eigenvalue weighted by atomic mass is 9.80. The van der Waals surface area contributed by atoms with Crippen molar-refractivity contribution in [1.82, 2.24) is 10.2 Å². The lowest BCUT2D eigenvalue weighted by Gasteiger charge is -2.28. The zero-order valence-electron chi connectivity index (χ0n) is 19.1. The van der Waals surface area contributed by atoms with Gasteiger partial charge < -0.3 is 9.84 Å². The quantitative estimate of drug-likeness (QED) is 0.345. The van der Waals surface area contributed by atoms with Crippen molar-refractivity contribution in [1.29, 1.82) is 0 Å². The summed E-state index contributed by atoms with van der Waals surface area (Å²) in [5, 5.41) is 10.4. The number of carboxylic acids is 1. The van der Waals surface area contributed by atoms with E-state index in [1.807, 2.05) is 24.3 Å². The maximum atomic E-state index is 12.9. The lowest BCUT2D eigenvalue weighted by molar-refractivity contribution is -0.192. The molecule has 34 heavy (non-hydrogen) atoms. The fraction of sp³-hybridized carbons (Fsp3) is 0.545. The van der Waals surface area contributed by atoms with Crippen molar-refractivity contribution in [3.63, 3.8) is 0 Å². The molecule has 2 amide bonds. The summed E-state index contributed by atoms with van der Waals surface area (Å²) >= 11 is 1.78. The van der Waals surface area contributed by atoms with Gasteiger partial charge in [0.2, 0.25) is 11.8 Å². The Labute approximate surface area is 199 Å². The summed E-state index contributed by atoms with van der Waals surface area (Å²) in [6, 6.07) is 7.60. The van der Waals surface area contributed by atoms with Crippen LogP contribution in [0.15, 0.2) is 29.2 Å². The first-order valence-corrected chi connectivity index (χ1v) is 11.6. The molecule has 0 aliphatic carbocycles. The molecule has 2 aliphatic rings. The molecule has 0 bridgehead atoms. The largest absolute Gasteiger partial charge is 0.490 e. The van der Waals surface area contributed by atoms with E-state index in [2.05, 4.69) is 12.2 Å². The molecular formula is C22H27F3N2O6S. The molecular weight excluding hydrogens is 477 g/mol. The van der Waals surface area contributed by atoms with Crippen molar-refractivity contribution in [3.05, 3.63) is 29.8 Å². The van der Waals surface area contributed by atoms with Crippen molar-refractivity contribution in [3.8, 4) is 0 Å². The number of aliphatic carboxylic acids is 1. The molecule has 1 aromatic carbocycles. The minimum atomic E-state index is -5.08. The molecule has 0 spiro atoms. The number of methoxy groups -OCH3 is 1. The fourth-order valence-corrected chi connectivity index (χ4v) is 4.96. The number of benzene rings is 1. The summed E-state index contributed by atoms with van der Waals surface area (Å²) in [6.07, 6.45) is -3.98. The third-order valence-corrected chi connectivity index (χ3v) is 6.98. The number of imide groups is 1. The number of amides is 2. The van der Waals surface area contributed by atoms with Crippen LogP contribution in [0.2, 0.25) is 0 Å². The van der Waals surface area contributed by atoms with Crippen LogP contribution < -0.4 is 5.32 Å². The number of nitrogens with zero attached hydrogens (tertiary/aromatic N) is 1. The number of carbonyl (C=O) groups excluding carboxylic acids is 3. The van der Waals surface area contributed by atoms with Gasteiger partial charge in [0.25, 0.3) is 0 Å². The van der Waals surface area contributed by atoms with E-state index in [-0.39, 0.29) is 11.8 Å². The van der Waals surface area contributed by atoms with E-state index in [1.54, 1.807) is 25.6 Å². The topological polar surface area (TPSA) is 113 Å². The Kier molecular flexibility index (Phi) is 8.75. The molecule has 2 saturated heterocycles. The fourth-order valence-electron chi connectivity index (χ4n) is 4.19. The second kappa shape index (κ2) is 10.8. The van der Waals surface area contributed by atoms with Gasteiger partial charge in [-0.3, -0.25) is 24.6 Å². The van der Waals surface area contributed by atoms with E-state index >= 15 is 0 Å². The monoisotopic (exact) mass is 504 g/mol. The third-order valence-electron chi connectivity index (χ3n) is 5.76. The highest BCUT2D eigenvalue weighted by Crippen LogP contribution is 2.49. The van der Waals surface area contributed by atoms with E-state index in [4.69, 9.17) is 14.6 Å². The van der Waals surface area contributed by atoms with Gasteiger partial charge in [0.15, 0.2) is 0 Å². The Balaban J connectivity index is 0.000000509. The number of carbonyl (C=O) groups is 4. The van der Waals surface area contributed by atoms with Crippen LogP contribution in [-0.2, 0) is 23.9 Å². The molecule has 2 fully saturated rings. The maximum absolute atomic E-state index is 12.9. The van der Waals surface area contributed by atoms with E-state index in [0.717, 1.165) is 22.6 Å². The minimum Gasteiger partial charge on any atom is -0.475 e. The van der Waals surface area contributed by atoms with Gasteiger partial charge in [-0.1, -0.05) is 19.1 Å². The van der Waals surface area contributed by atoms with E-state index < -0.39 is 41.5 Å². The van der Waals surface area contributed by atoms with Gasteiger partial charge >= 0.3 is 18.1 Å². The number of hydrogen-bond acceptors (Lipinski definition) is 7. The van der Waals surface area contributed by atoms with Crippen molar-refractivity contribution < 1.29 is 42.2 Å². The van der Waals surface area contributed by atoms with Crippen molar-refractivity contribution in [2.45, 2.75) is 49.8 Å². The Hall–Kier alpha value is -2.60. The second-order valence-corrected chi connectivity index (χ2v) is 9.13. The highest BCUT2D eigenvalue weighted by atomic mass is 32.2. The van der Waals surface area contributed by atoms with Gasteiger partial charge in [0.1, 0.15) is 5.54 Å². The molecule has 4 atom stereocenters. The number of rotatable bonds is 6. The summed E-state index contributed by atoms with van der Waals surface area (Å²) in [5.41, 5.74) is -0.325.